The summed E-state index contributed by atoms with van der Waals surface area (Å²) in [5.41, 5.74) is 2.50. The first-order valence-electron chi connectivity index (χ1n) is 4.72. The summed E-state index contributed by atoms with van der Waals surface area (Å²) in [6.07, 6.45) is 0. The highest BCUT2D eigenvalue weighted by Gasteiger charge is 2.09. The predicted molar refractivity (Wildman–Crippen MR) is 79.8 cm³/mol. The van der Waals surface area contributed by atoms with Gasteiger partial charge in [-0.1, -0.05) is 0 Å². The highest BCUT2D eigenvalue weighted by Crippen LogP contribution is 2.28. The topological polar surface area (TPSA) is 28.7 Å². The molecule has 0 unspecified atom stereocenters. The number of H-pyrrole nitrogens is 1. The Morgan fingerprint density at radius 1 is 1.35 bits per heavy atom. The van der Waals surface area contributed by atoms with Crippen LogP contribution in [0, 0.1) is 8.70 Å². The van der Waals surface area contributed by atoms with Crippen molar-refractivity contribution < 1.29 is 4.39 Å². The number of halogens is 3. The lowest BCUT2D eigenvalue weighted by atomic mass is 10.3. The van der Waals surface area contributed by atoms with Crippen molar-refractivity contribution in [2.45, 2.75) is 0 Å². The fourth-order valence-electron chi connectivity index (χ4n) is 1.58. The number of aromatic amines is 1. The monoisotopic (exact) mass is 422 g/mol. The quantitative estimate of drug-likeness (QED) is 0.561. The van der Waals surface area contributed by atoms with E-state index < -0.39 is 0 Å². The number of hydrogen-bond acceptors (Lipinski definition) is 2. The van der Waals surface area contributed by atoms with E-state index >= 15 is 0 Å². The Labute approximate surface area is 123 Å². The molecule has 0 saturated heterocycles. The van der Waals surface area contributed by atoms with Crippen LogP contribution in [0.3, 0.4) is 0 Å². The van der Waals surface area contributed by atoms with Crippen LogP contribution in [0.15, 0.2) is 28.1 Å². The minimum atomic E-state index is -0.285. The molecular weight excluding hydrogens is 418 g/mol. The Morgan fingerprint density at radius 2 is 2.18 bits per heavy atom. The maximum atomic E-state index is 13.4. The van der Waals surface area contributed by atoms with Gasteiger partial charge in [-0.3, -0.25) is 0 Å². The third-order valence-corrected chi connectivity index (χ3v) is 4.76. The van der Waals surface area contributed by atoms with Crippen molar-refractivity contribution in [3.8, 4) is 11.4 Å². The third-order valence-electron chi connectivity index (χ3n) is 2.36. The molecule has 0 radical (unpaired) electrons. The first kappa shape index (κ1) is 11.6. The minimum Gasteiger partial charge on any atom is -0.338 e. The zero-order chi connectivity index (χ0) is 12.0. The van der Waals surface area contributed by atoms with Gasteiger partial charge in [0.1, 0.15) is 11.6 Å². The van der Waals surface area contributed by atoms with E-state index in [0.717, 1.165) is 16.9 Å². The van der Waals surface area contributed by atoms with Crippen LogP contribution in [0.5, 0.6) is 0 Å². The molecule has 2 nitrogen and oxygen atoms in total. The van der Waals surface area contributed by atoms with Crippen molar-refractivity contribution >= 4 is 60.9 Å². The standard InChI is InChI=1S/C11H5BrFIN2S/c12-6-2-8-9(3-7(6)13)16-11(15-8)5-1-10(14)17-4-5/h1-4H,(H,15,16). The third kappa shape index (κ3) is 2.13. The van der Waals surface area contributed by atoms with Gasteiger partial charge in [-0.25, -0.2) is 9.37 Å². The van der Waals surface area contributed by atoms with Gasteiger partial charge in [-0.15, -0.1) is 11.3 Å². The molecule has 1 N–H and O–H groups in total. The minimum absolute atomic E-state index is 0.285. The number of imidazole rings is 1. The molecule has 0 amide bonds. The predicted octanol–water partition coefficient (Wildman–Crippen LogP) is 4.80. The maximum Gasteiger partial charge on any atom is 0.139 e. The summed E-state index contributed by atoms with van der Waals surface area (Å²) in [7, 11) is 0. The number of aromatic nitrogens is 2. The normalized spacial score (nSPS) is 11.2. The number of thiophene rings is 1. The van der Waals surface area contributed by atoms with Gasteiger partial charge >= 0.3 is 0 Å². The van der Waals surface area contributed by atoms with E-state index in [1.54, 1.807) is 17.4 Å². The van der Waals surface area contributed by atoms with E-state index in [2.05, 4.69) is 48.5 Å². The van der Waals surface area contributed by atoms with Crippen LogP contribution in [0.1, 0.15) is 0 Å². The molecule has 0 spiro atoms. The molecule has 17 heavy (non-hydrogen) atoms. The van der Waals surface area contributed by atoms with Gasteiger partial charge in [0.25, 0.3) is 0 Å². The van der Waals surface area contributed by atoms with Crippen molar-refractivity contribution in [2.75, 3.05) is 0 Å². The van der Waals surface area contributed by atoms with Crippen LogP contribution < -0.4 is 0 Å². The smallest absolute Gasteiger partial charge is 0.139 e. The summed E-state index contributed by atoms with van der Waals surface area (Å²) >= 11 is 7.08. The zero-order valence-corrected chi connectivity index (χ0v) is 12.9. The van der Waals surface area contributed by atoms with E-state index in [1.807, 2.05) is 11.4 Å². The summed E-state index contributed by atoms with van der Waals surface area (Å²) in [5.74, 6) is 0.490. The molecule has 6 heteroatoms. The number of fused-ring (bicyclic) bond motifs is 1. The molecule has 2 aromatic heterocycles. The van der Waals surface area contributed by atoms with E-state index in [4.69, 9.17) is 0 Å². The van der Waals surface area contributed by atoms with Gasteiger partial charge in [0.15, 0.2) is 0 Å². The fraction of sp³-hybridized carbons (Fsp3) is 0. The van der Waals surface area contributed by atoms with Crippen LogP contribution in [0.4, 0.5) is 4.39 Å². The Balaban J connectivity index is 2.19. The summed E-state index contributed by atoms with van der Waals surface area (Å²) < 4.78 is 15.0. The Bertz CT molecular complexity index is 668. The van der Waals surface area contributed by atoms with Crippen LogP contribution in [0.25, 0.3) is 22.4 Å². The molecule has 0 fully saturated rings. The summed E-state index contributed by atoms with van der Waals surface area (Å²) in [6, 6.07) is 5.18. The molecule has 3 rings (SSSR count). The lowest BCUT2D eigenvalue weighted by molar-refractivity contribution is 0.623. The highest BCUT2D eigenvalue weighted by atomic mass is 127. The van der Waals surface area contributed by atoms with Gasteiger partial charge in [-0.2, -0.15) is 0 Å². The second-order valence-corrected chi connectivity index (χ2v) is 7.17. The summed E-state index contributed by atoms with van der Waals surface area (Å²) in [5, 5.41) is 2.03. The average Bonchev–Trinajstić information content (AvgIpc) is 2.85. The van der Waals surface area contributed by atoms with E-state index in [0.29, 0.717) is 9.99 Å². The molecule has 0 bridgehead atoms. The lowest BCUT2D eigenvalue weighted by Gasteiger charge is -1.92. The fourth-order valence-corrected chi connectivity index (χ4v) is 3.24. The number of hydrogen-bond donors (Lipinski definition) is 1. The second kappa shape index (κ2) is 4.33. The Kier molecular flexibility index (Phi) is 2.95. The Morgan fingerprint density at radius 3 is 2.88 bits per heavy atom. The summed E-state index contributed by atoms with van der Waals surface area (Å²) in [6.45, 7) is 0. The largest absolute Gasteiger partial charge is 0.338 e. The van der Waals surface area contributed by atoms with Crippen molar-refractivity contribution in [2.24, 2.45) is 0 Å². The Hall–Kier alpha value is -0.470. The van der Waals surface area contributed by atoms with Gasteiger partial charge in [0.05, 0.1) is 18.4 Å². The molecule has 0 atom stereocenters. The first-order chi connectivity index (χ1) is 8.13. The molecular formula is C11H5BrFIN2S. The number of rotatable bonds is 1. The van der Waals surface area contributed by atoms with Gasteiger partial charge < -0.3 is 4.98 Å². The van der Waals surface area contributed by atoms with Gasteiger partial charge in [0, 0.05) is 17.0 Å². The van der Waals surface area contributed by atoms with E-state index in [9.17, 15) is 4.39 Å². The molecule has 0 aliphatic carbocycles. The lowest BCUT2D eigenvalue weighted by Crippen LogP contribution is -1.77. The maximum absolute atomic E-state index is 13.4. The van der Waals surface area contributed by atoms with Crippen LogP contribution in [-0.4, -0.2) is 9.97 Å². The molecule has 0 saturated carbocycles. The molecule has 0 aliphatic rings. The molecule has 3 aromatic rings. The van der Waals surface area contributed by atoms with Gasteiger partial charge in [0.2, 0.25) is 0 Å². The first-order valence-corrected chi connectivity index (χ1v) is 7.48. The molecule has 2 heterocycles. The van der Waals surface area contributed by atoms with Crippen molar-refractivity contribution in [3.05, 3.63) is 36.8 Å². The molecule has 0 aliphatic heterocycles. The second-order valence-electron chi connectivity index (χ2n) is 3.51. The van der Waals surface area contributed by atoms with Crippen molar-refractivity contribution in [3.63, 3.8) is 0 Å². The summed E-state index contributed by atoms with van der Waals surface area (Å²) in [4.78, 5) is 7.57. The van der Waals surface area contributed by atoms with E-state index in [-0.39, 0.29) is 5.82 Å². The highest BCUT2D eigenvalue weighted by molar-refractivity contribution is 14.1. The number of nitrogens with zero attached hydrogens (tertiary/aromatic N) is 1. The van der Waals surface area contributed by atoms with Gasteiger partial charge in [-0.05, 0) is 50.7 Å². The van der Waals surface area contributed by atoms with Crippen molar-refractivity contribution in [1.29, 1.82) is 0 Å². The van der Waals surface area contributed by atoms with Crippen LogP contribution >= 0.6 is 49.9 Å². The average molecular weight is 423 g/mol. The SMILES string of the molecule is Fc1cc2[nH]c(-c3csc(I)c3)nc2cc1Br. The van der Waals surface area contributed by atoms with Crippen molar-refractivity contribution in [1.82, 2.24) is 9.97 Å². The molecule has 1 aromatic carbocycles. The number of nitrogens with one attached hydrogen (secondary N) is 1. The van der Waals surface area contributed by atoms with E-state index in [1.165, 1.54) is 8.95 Å². The molecule has 86 valence electrons. The number of benzene rings is 1. The zero-order valence-electron chi connectivity index (χ0n) is 8.30. The van der Waals surface area contributed by atoms with Crippen LogP contribution in [0.2, 0.25) is 0 Å². The van der Waals surface area contributed by atoms with Crippen LogP contribution in [-0.2, 0) is 0 Å².